The lowest BCUT2D eigenvalue weighted by atomic mass is 10.2. The molecular weight excluding hydrogens is 187 g/mol. The fourth-order valence-electron chi connectivity index (χ4n) is 0.774. The first-order chi connectivity index (χ1) is 6.59. The van der Waals surface area contributed by atoms with E-state index in [4.69, 9.17) is 4.84 Å². The van der Waals surface area contributed by atoms with Crippen LogP contribution in [0.5, 0.6) is 0 Å². The summed E-state index contributed by atoms with van der Waals surface area (Å²) in [6.07, 6.45) is 1.10. The van der Waals surface area contributed by atoms with Crippen molar-refractivity contribution in [1.29, 1.82) is 0 Å². The molecule has 0 spiro atoms. The van der Waals surface area contributed by atoms with Crippen LogP contribution >= 0.6 is 0 Å². The molecule has 1 N–H and O–H groups in total. The Kier molecular flexibility index (Phi) is 3.53. The molecule has 0 unspecified atom stereocenters. The van der Waals surface area contributed by atoms with Crippen molar-refractivity contribution in [3.05, 3.63) is 29.8 Å². The van der Waals surface area contributed by atoms with Crippen LogP contribution in [-0.4, -0.2) is 17.0 Å². The molecule has 1 amide bonds. The number of pyridine rings is 1. The molecule has 4 nitrogen and oxygen atoms in total. The molecule has 76 valence electrons. The molecule has 5 heteroatoms. The van der Waals surface area contributed by atoms with Crippen LogP contribution in [0.1, 0.15) is 24.2 Å². The molecule has 0 atom stereocenters. The zero-order chi connectivity index (χ0) is 10.6. The highest BCUT2D eigenvalue weighted by Gasteiger charge is 2.07. The Hall–Kier alpha value is -1.49. The van der Waals surface area contributed by atoms with Crippen molar-refractivity contribution in [2.45, 2.75) is 20.0 Å². The Morgan fingerprint density at radius 3 is 2.93 bits per heavy atom. The fourth-order valence-corrected chi connectivity index (χ4v) is 0.774. The van der Waals surface area contributed by atoms with Gasteiger partial charge in [0.15, 0.2) is 0 Å². The third-order valence-corrected chi connectivity index (χ3v) is 1.38. The monoisotopic (exact) mass is 198 g/mol. The number of nitrogens with one attached hydrogen (secondary N) is 1. The van der Waals surface area contributed by atoms with Crippen LogP contribution < -0.4 is 5.48 Å². The van der Waals surface area contributed by atoms with E-state index in [-0.39, 0.29) is 11.7 Å². The van der Waals surface area contributed by atoms with Gasteiger partial charge in [0.2, 0.25) is 5.95 Å². The highest BCUT2D eigenvalue weighted by molar-refractivity contribution is 5.93. The number of halogens is 1. The van der Waals surface area contributed by atoms with Gasteiger partial charge in [0.05, 0.1) is 6.10 Å². The van der Waals surface area contributed by atoms with Gasteiger partial charge in [-0.3, -0.25) is 9.63 Å². The van der Waals surface area contributed by atoms with Gasteiger partial charge in [0.25, 0.3) is 5.91 Å². The van der Waals surface area contributed by atoms with Crippen LogP contribution in [0.15, 0.2) is 18.3 Å². The number of hydrogen-bond acceptors (Lipinski definition) is 3. The van der Waals surface area contributed by atoms with E-state index in [0.29, 0.717) is 0 Å². The van der Waals surface area contributed by atoms with Gasteiger partial charge in [-0.2, -0.15) is 4.39 Å². The number of nitrogens with zero attached hydrogens (tertiary/aromatic N) is 1. The molecule has 0 aliphatic rings. The summed E-state index contributed by atoms with van der Waals surface area (Å²) in [5.74, 6) is -1.18. The van der Waals surface area contributed by atoms with Gasteiger partial charge < -0.3 is 0 Å². The molecule has 1 rings (SSSR count). The van der Waals surface area contributed by atoms with Crippen molar-refractivity contribution in [3.63, 3.8) is 0 Å². The Labute approximate surface area is 81.1 Å². The molecule has 1 aromatic heterocycles. The predicted molar refractivity (Wildman–Crippen MR) is 47.9 cm³/mol. The predicted octanol–water partition coefficient (Wildman–Crippen LogP) is 1.29. The zero-order valence-corrected chi connectivity index (χ0v) is 7.95. The molecule has 0 saturated heterocycles. The standard InChI is InChI=1S/C9H11FN2O2/c1-6(2)14-12-9(13)7-3-4-11-8(10)5-7/h3-6H,1-2H3,(H,12,13). The summed E-state index contributed by atoms with van der Waals surface area (Å²) in [4.78, 5) is 19.5. The van der Waals surface area contributed by atoms with Crippen molar-refractivity contribution in [1.82, 2.24) is 10.5 Å². The number of hydrogen-bond donors (Lipinski definition) is 1. The van der Waals surface area contributed by atoms with Crippen LogP contribution in [0.25, 0.3) is 0 Å². The van der Waals surface area contributed by atoms with E-state index in [0.717, 1.165) is 6.07 Å². The molecule has 14 heavy (non-hydrogen) atoms. The first-order valence-corrected chi connectivity index (χ1v) is 4.17. The van der Waals surface area contributed by atoms with E-state index >= 15 is 0 Å². The molecule has 1 aromatic rings. The van der Waals surface area contributed by atoms with E-state index < -0.39 is 11.9 Å². The van der Waals surface area contributed by atoms with Crippen molar-refractivity contribution in [2.75, 3.05) is 0 Å². The third kappa shape index (κ3) is 3.10. The van der Waals surface area contributed by atoms with Crippen molar-refractivity contribution < 1.29 is 14.0 Å². The SMILES string of the molecule is CC(C)ONC(=O)c1ccnc(F)c1. The molecule has 0 bridgehead atoms. The van der Waals surface area contributed by atoms with E-state index in [1.807, 2.05) is 0 Å². The first-order valence-electron chi connectivity index (χ1n) is 4.17. The van der Waals surface area contributed by atoms with Crippen LogP contribution in [0.4, 0.5) is 4.39 Å². The summed E-state index contributed by atoms with van der Waals surface area (Å²) in [5.41, 5.74) is 2.37. The lowest BCUT2D eigenvalue weighted by molar-refractivity contribution is 0.000159. The smallest absolute Gasteiger partial charge is 0.271 e. The Morgan fingerprint density at radius 1 is 1.64 bits per heavy atom. The van der Waals surface area contributed by atoms with Crippen molar-refractivity contribution in [3.8, 4) is 0 Å². The highest BCUT2D eigenvalue weighted by Crippen LogP contribution is 2.00. The summed E-state index contributed by atoms with van der Waals surface area (Å²) in [7, 11) is 0. The van der Waals surface area contributed by atoms with E-state index in [9.17, 15) is 9.18 Å². The molecule has 0 fully saturated rings. The van der Waals surface area contributed by atoms with Crippen LogP contribution in [0.2, 0.25) is 0 Å². The minimum absolute atomic E-state index is 0.120. The number of carbonyl (C=O) groups is 1. The maximum absolute atomic E-state index is 12.6. The summed E-state index contributed by atoms with van der Waals surface area (Å²) in [6, 6.07) is 2.45. The largest absolute Gasteiger partial charge is 0.275 e. The minimum Gasteiger partial charge on any atom is -0.271 e. The van der Waals surface area contributed by atoms with Crippen LogP contribution in [-0.2, 0) is 4.84 Å². The summed E-state index contributed by atoms with van der Waals surface area (Å²) >= 11 is 0. The Bertz CT molecular complexity index is 328. The molecular formula is C9H11FN2O2. The first kappa shape index (κ1) is 10.6. The maximum atomic E-state index is 12.6. The van der Waals surface area contributed by atoms with E-state index in [1.165, 1.54) is 12.3 Å². The third-order valence-electron chi connectivity index (χ3n) is 1.38. The van der Waals surface area contributed by atoms with E-state index in [1.54, 1.807) is 13.8 Å². The normalized spacial score (nSPS) is 10.3. The average molecular weight is 198 g/mol. The van der Waals surface area contributed by atoms with Gasteiger partial charge in [-0.25, -0.2) is 10.5 Å². The second-order valence-corrected chi connectivity index (χ2v) is 2.97. The molecule has 0 radical (unpaired) electrons. The zero-order valence-electron chi connectivity index (χ0n) is 7.95. The molecule has 1 heterocycles. The van der Waals surface area contributed by atoms with Gasteiger partial charge in [0, 0.05) is 17.8 Å². The quantitative estimate of drug-likeness (QED) is 0.588. The van der Waals surface area contributed by atoms with Gasteiger partial charge in [-0.15, -0.1) is 0 Å². The molecule has 0 aliphatic carbocycles. The maximum Gasteiger partial charge on any atom is 0.275 e. The second kappa shape index (κ2) is 4.66. The minimum atomic E-state index is -0.692. The topological polar surface area (TPSA) is 51.2 Å². The Balaban J connectivity index is 2.61. The highest BCUT2D eigenvalue weighted by atomic mass is 19.1. The number of hydroxylamine groups is 1. The van der Waals surface area contributed by atoms with Crippen molar-refractivity contribution in [2.24, 2.45) is 0 Å². The number of rotatable bonds is 3. The van der Waals surface area contributed by atoms with E-state index in [2.05, 4.69) is 10.5 Å². The molecule has 0 aliphatic heterocycles. The van der Waals surface area contributed by atoms with Crippen LogP contribution in [0.3, 0.4) is 0 Å². The lowest BCUT2D eigenvalue weighted by Gasteiger charge is -2.07. The van der Waals surface area contributed by atoms with Gasteiger partial charge in [-0.1, -0.05) is 0 Å². The van der Waals surface area contributed by atoms with Crippen LogP contribution in [0, 0.1) is 5.95 Å². The number of amides is 1. The number of carbonyl (C=O) groups excluding carboxylic acids is 1. The van der Waals surface area contributed by atoms with Gasteiger partial charge in [-0.05, 0) is 19.9 Å². The summed E-state index contributed by atoms with van der Waals surface area (Å²) in [5, 5.41) is 0. The number of aromatic nitrogens is 1. The lowest BCUT2D eigenvalue weighted by Crippen LogP contribution is -2.27. The fraction of sp³-hybridized carbons (Fsp3) is 0.333. The molecule has 0 saturated carbocycles. The Morgan fingerprint density at radius 2 is 2.36 bits per heavy atom. The average Bonchev–Trinajstić information content (AvgIpc) is 2.14. The molecule has 0 aromatic carbocycles. The van der Waals surface area contributed by atoms with Crippen molar-refractivity contribution >= 4 is 5.91 Å². The van der Waals surface area contributed by atoms with Gasteiger partial charge in [0.1, 0.15) is 0 Å². The summed E-state index contributed by atoms with van der Waals surface area (Å²) < 4.78 is 12.6. The second-order valence-electron chi connectivity index (χ2n) is 2.97. The van der Waals surface area contributed by atoms with Gasteiger partial charge >= 0.3 is 0 Å². The summed E-state index contributed by atoms with van der Waals surface area (Å²) in [6.45, 7) is 3.54.